The highest BCUT2D eigenvalue weighted by molar-refractivity contribution is 6.30. The largest absolute Gasteiger partial charge is 0.488 e. The number of benzene rings is 1. The summed E-state index contributed by atoms with van der Waals surface area (Å²) in [5.41, 5.74) is 2.27. The third kappa shape index (κ3) is 3.90. The number of hydrogen-bond acceptors (Lipinski definition) is 5. The molecule has 1 aliphatic heterocycles. The fraction of sp³-hybridized carbons (Fsp3) is 0.0952. The molecule has 2 aromatic heterocycles. The summed E-state index contributed by atoms with van der Waals surface area (Å²) >= 11 is 6.03. The summed E-state index contributed by atoms with van der Waals surface area (Å²) in [6.07, 6.45) is 4.34. The topological polar surface area (TPSA) is 67.4 Å². The fourth-order valence-corrected chi connectivity index (χ4v) is 3.24. The molecular weight excluding hydrogens is 395 g/mol. The number of nitrogens with zero attached hydrogens (tertiary/aromatic N) is 3. The molecule has 0 fully saturated rings. The van der Waals surface area contributed by atoms with Gasteiger partial charge in [0.2, 0.25) is 5.91 Å². The highest BCUT2D eigenvalue weighted by Gasteiger charge is 2.22. The normalized spacial score (nSPS) is 12.7. The van der Waals surface area contributed by atoms with Gasteiger partial charge in [0.15, 0.2) is 5.75 Å². The predicted octanol–water partition coefficient (Wildman–Crippen LogP) is 4.59. The van der Waals surface area contributed by atoms with Crippen LogP contribution in [0.15, 0.2) is 61.4 Å². The van der Waals surface area contributed by atoms with E-state index in [2.05, 4.69) is 21.9 Å². The van der Waals surface area contributed by atoms with Crippen LogP contribution >= 0.6 is 11.6 Å². The summed E-state index contributed by atoms with van der Waals surface area (Å²) < 4.78 is 20.0. The molecule has 0 radical (unpaired) electrons. The zero-order valence-electron chi connectivity index (χ0n) is 15.2. The first-order valence-electron chi connectivity index (χ1n) is 8.80. The first kappa shape index (κ1) is 18.9. The smallest absolute Gasteiger partial charge is 0.248 e. The number of amides is 1. The molecule has 4 rings (SSSR count). The van der Waals surface area contributed by atoms with Crippen molar-refractivity contribution in [1.82, 2.24) is 9.97 Å². The Kier molecular flexibility index (Phi) is 5.14. The average molecular weight is 411 g/mol. The van der Waals surface area contributed by atoms with Crippen LogP contribution in [0, 0.1) is 5.82 Å². The zero-order valence-corrected chi connectivity index (χ0v) is 16.0. The SMILES string of the molecule is C=CC(=O)Nc1cc(N2CCOc3cnc(-c4cc(Cl)ccc4F)cc32)ccn1. The zero-order chi connectivity index (χ0) is 20.4. The van der Waals surface area contributed by atoms with Crippen molar-refractivity contribution in [2.45, 2.75) is 0 Å². The van der Waals surface area contributed by atoms with Gasteiger partial charge in [-0.1, -0.05) is 18.2 Å². The highest BCUT2D eigenvalue weighted by atomic mass is 35.5. The van der Waals surface area contributed by atoms with Gasteiger partial charge >= 0.3 is 0 Å². The molecule has 0 spiro atoms. The van der Waals surface area contributed by atoms with E-state index in [4.69, 9.17) is 16.3 Å². The van der Waals surface area contributed by atoms with Gasteiger partial charge in [-0.25, -0.2) is 9.37 Å². The minimum Gasteiger partial charge on any atom is -0.488 e. The molecule has 1 amide bonds. The van der Waals surface area contributed by atoms with Crippen LogP contribution in [0.25, 0.3) is 11.3 Å². The Morgan fingerprint density at radius 2 is 2.14 bits per heavy atom. The molecule has 29 heavy (non-hydrogen) atoms. The third-order valence-corrected chi connectivity index (χ3v) is 4.64. The summed E-state index contributed by atoms with van der Waals surface area (Å²) in [4.78, 5) is 22.0. The molecule has 6 nitrogen and oxygen atoms in total. The van der Waals surface area contributed by atoms with Crippen LogP contribution < -0.4 is 15.0 Å². The summed E-state index contributed by atoms with van der Waals surface area (Å²) in [5.74, 6) is 0.218. The van der Waals surface area contributed by atoms with E-state index in [-0.39, 0.29) is 5.91 Å². The van der Waals surface area contributed by atoms with Gasteiger partial charge in [-0.2, -0.15) is 0 Å². The molecule has 8 heteroatoms. The van der Waals surface area contributed by atoms with Gasteiger partial charge in [0, 0.05) is 28.5 Å². The third-order valence-electron chi connectivity index (χ3n) is 4.41. The van der Waals surface area contributed by atoms with Crippen LogP contribution in [0.3, 0.4) is 0 Å². The molecule has 1 N–H and O–H groups in total. The quantitative estimate of drug-likeness (QED) is 0.637. The van der Waals surface area contributed by atoms with E-state index in [1.807, 2.05) is 11.0 Å². The second-order valence-corrected chi connectivity index (χ2v) is 6.69. The number of carbonyl (C=O) groups excluding carboxylic acids is 1. The number of hydrogen-bond donors (Lipinski definition) is 1. The number of pyridine rings is 2. The van der Waals surface area contributed by atoms with Gasteiger partial charge in [-0.3, -0.25) is 9.78 Å². The minimum absolute atomic E-state index is 0.305. The van der Waals surface area contributed by atoms with Crippen LogP contribution in [0.4, 0.5) is 21.6 Å². The van der Waals surface area contributed by atoms with E-state index in [0.717, 1.165) is 11.4 Å². The van der Waals surface area contributed by atoms with E-state index in [0.29, 0.717) is 41.0 Å². The molecule has 0 bridgehead atoms. The average Bonchev–Trinajstić information content (AvgIpc) is 2.74. The lowest BCUT2D eigenvalue weighted by Crippen LogP contribution is -2.29. The lowest BCUT2D eigenvalue weighted by Gasteiger charge is -2.31. The monoisotopic (exact) mass is 410 g/mol. The van der Waals surface area contributed by atoms with E-state index in [9.17, 15) is 9.18 Å². The van der Waals surface area contributed by atoms with E-state index in [1.165, 1.54) is 24.3 Å². The second kappa shape index (κ2) is 7.89. The van der Waals surface area contributed by atoms with Crippen LogP contribution in [0.5, 0.6) is 5.75 Å². The number of ether oxygens (including phenoxy) is 1. The van der Waals surface area contributed by atoms with Gasteiger partial charge in [0.05, 0.1) is 24.1 Å². The van der Waals surface area contributed by atoms with Gasteiger partial charge in [0.1, 0.15) is 18.2 Å². The van der Waals surface area contributed by atoms with E-state index < -0.39 is 5.82 Å². The van der Waals surface area contributed by atoms with Crippen LogP contribution in [0.1, 0.15) is 0 Å². The number of anilines is 3. The Bertz CT molecular complexity index is 1110. The summed E-state index contributed by atoms with van der Waals surface area (Å²) in [6.45, 7) is 4.45. The molecular formula is C21H16ClFN4O2. The Hall–Kier alpha value is -3.45. The van der Waals surface area contributed by atoms with Crippen LogP contribution in [0.2, 0.25) is 5.02 Å². The Morgan fingerprint density at radius 1 is 1.28 bits per heavy atom. The Morgan fingerprint density at radius 3 is 2.97 bits per heavy atom. The lowest BCUT2D eigenvalue weighted by molar-refractivity contribution is -0.111. The molecule has 3 heterocycles. The first-order chi connectivity index (χ1) is 14.0. The summed E-state index contributed by atoms with van der Waals surface area (Å²) in [5, 5.41) is 3.07. The van der Waals surface area contributed by atoms with Gasteiger partial charge in [0.25, 0.3) is 0 Å². The molecule has 0 saturated heterocycles. The van der Waals surface area contributed by atoms with E-state index >= 15 is 0 Å². The molecule has 3 aromatic rings. The molecule has 1 aliphatic rings. The predicted molar refractivity (Wildman–Crippen MR) is 110 cm³/mol. The minimum atomic E-state index is -0.413. The number of fused-ring (bicyclic) bond motifs is 1. The Labute approximate surface area is 171 Å². The number of carbonyl (C=O) groups is 1. The van der Waals surface area contributed by atoms with Gasteiger partial charge in [-0.05, 0) is 36.4 Å². The molecule has 0 unspecified atom stereocenters. The number of halogens is 2. The molecule has 0 atom stereocenters. The van der Waals surface area contributed by atoms with Crippen molar-refractivity contribution < 1.29 is 13.9 Å². The summed E-state index contributed by atoms with van der Waals surface area (Å²) in [6, 6.07) is 9.66. The lowest BCUT2D eigenvalue weighted by atomic mass is 10.1. The summed E-state index contributed by atoms with van der Waals surface area (Å²) in [7, 11) is 0. The van der Waals surface area contributed by atoms with Crippen molar-refractivity contribution in [3.63, 3.8) is 0 Å². The molecule has 0 aliphatic carbocycles. The van der Waals surface area contributed by atoms with Gasteiger partial charge < -0.3 is 15.0 Å². The van der Waals surface area contributed by atoms with Crippen molar-refractivity contribution in [1.29, 1.82) is 0 Å². The maximum absolute atomic E-state index is 14.3. The van der Waals surface area contributed by atoms with Crippen LogP contribution in [-0.4, -0.2) is 29.0 Å². The second-order valence-electron chi connectivity index (χ2n) is 6.25. The molecule has 0 saturated carbocycles. The van der Waals surface area contributed by atoms with Crippen molar-refractivity contribution in [2.75, 3.05) is 23.4 Å². The first-order valence-corrected chi connectivity index (χ1v) is 9.18. The maximum Gasteiger partial charge on any atom is 0.248 e. The molecule has 146 valence electrons. The van der Waals surface area contributed by atoms with Crippen molar-refractivity contribution in [3.05, 3.63) is 72.3 Å². The van der Waals surface area contributed by atoms with Crippen molar-refractivity contribution >= 4 is 34.7 Å². The number of nitrogens with one attached hydrogen (secondary N) is 1. The molecule has 1 aromatic carbocycles. The van der Waals surface area contributed by atoms with E-state index in [1.54, 1.807) is 24.5 Å². The highest BCUT2D eigenvalue weighted by Crippen LogP contribution is 2.39. The standard InChI is InChI=1S/C21H16ClFN4O2/c1-2-21(28)26-20-10-14(5-6-24-20)27-7-8-29-19-12-25-17(11-18(19)27)15-9-13(22)3-4-16(15)23/h2-6,9-12H,1,7-8H2,(H,24,26,28). The Balaban J connectivity index is 1.74. The van der Waals surface area contributed by atoms with Gasteiger partial charge in [-0.15, -0.1) is 0 Å². The van der Waals surface area contributed by atoms with Crippen molar-refractivity contribution in [3.8, 4) is 17.0 Å². The number of rotatable bonds is 4. The van der Waals surface area contributed by atoms with Crippen molar-refractivity contribution in [2.24, 2.45) is 0 Å². The van der Waals surface area contributed by atoms with Crippen LogP contribution in [-0.2, 0) is 4.79 Å². The maximum atomic E-state index is 14.3. The fourth-order valence-electron chi connectivity index (χ4n) is 3.06. The number of aromatic nitrogens is 2.